The summed E-state index contributed by atoms with van der Waals surface area (Å²) in [6.07, 6.45) is 0. The molecule has 0 saturated carbocycles. The van der Waals surface area contributed by atoms with E-state index >= 15 is 0 Å². The summed E-state index contributed by atoms with van der Waals surface area (Å²) in [7, 11) is 0. The van der Waals surface area contributed by atoms with Gasteiger partial charge in [-0.1, -0.05) is 47.1 Å². The molecule has 0 spiro atoms. The van der Waals surface area contributed by atoms with Crippen LogP contribution in [-0.4, -0.2) is 41.4 Å². The Hall–Kier alpha value is -3.07. The van der Waals surface area contributed by atoms with Crippen LogP contribution >= 0.6 is 15.9 Å². The normalized spacial score (nSPS) is 20.3. The van der Waals surface area contributed by atoms with Gasteiger partial charge in [0.1, 0.15) is 6.54 Å². The lowest BCUT2D eigenvalue weighted by atomic mass is 10.0. The van der Waals surface area contributed by atoms with E-state index in [1.807, 2.05) is 24.3 Å². The predicted octanol–water partition coefficient (Wildman–Crippen LogP) is 3.50. The van der Waals surface area contributed by atoms with Crippen molar-refractivity contribution in [2.24, 2.45) is 10.3 Å². The molecule has 2 aliphatic heterocycles. The highest BCUT2D eigenvalue weighted by atomic mass is 79.9. The number of amides is 3. The van der Waals surface area contributed by atoms with E-state index in [-0.39, 0.29) is 12.5 Å². The molecule has 1 N–H and O–H groups in total. The Balaban J connectivity index is 1.47. The third-order valence-corrected chi connectivity index (χ3v) is 5.64. The molecule has 0 radical (unpaired) electrons. The van der Waals surface area contributed by atoms with Gasteiger partial charge in [-0.25, -0.2) is 4.90 Å². The van der Waals surface area contributed by atoms with Gasteiger partial charge in [0.25, 0.3) is 11.8 Å². The number of nitrogens with zero attached hydrogens (tertiary/aromatic N) is 4. The lowest BCUT2D eigenvalue weighted by molar-refractivity contribution is -0.123. The molecule has 154 valence electrons. The zero-order chi connectivity index (χ0) is 21.4. The average Bonchev–Trinajstić information content (AvgIpc) is 3.23. The first-order valence-corrected chi connectivity index (χ1v) is 10.3. The van der Waals surface area contributed by atoms with Gasteiger partial charge in [-0.15, -0.1) is 0 Å². The van der Waals surface area contributed by atoms with Gasteiger partial charge in [-0.2, -0.15) is 5.11 Å². The number of halogens is 1. The molecule has 2 heterocycles. The maximum absolute atomic E-state index is 13.0. The van der Waals surface area contributed by atoms with E-state index < -0.39 is 23.9 Å². The highest BCUT2D eigenvalue weighted by molar-refractivity contribution is 9.10. The van der Waals surface area contributed by atoms with Gasteiger partial charge in [-0.05, 0) is 47.9 Å². The van der Waals surface area contributed by atoms with Crippen LogP contribution in [0.15, 0.2) is 63.3 Å². The zero-order valence-corrected chi connectivity index (χ0v) is 18.0. The van der Waals surface area contributed by atoms with Gasteiger partial charge >= 0.3 is 0 Å². The van der Waals surface area contributed by atoms with Crippen molar-refractivity contribution in [1.29, 1.82) is 0 Å². The molecule has 2 aromatic rings. The molecule has 3 amide bonds. The zero-order valence-electron chi connectivity index (χ0n) is 16.4. The van der Waals surface area contributed by atoms with Crippen molar-refractivity contribution in [3.8, 4) is 0 Å². The Morgan fingerprint density at radius 2 is 1.73 bits per heavy atom. The van der Waals surface area contributed by atoms with Crippen LogP contribution in [0, 0.1) is 0 Å². The van der Waals surface area contributed by atoms with E-state index in [2.05, 4.69) is 45.4 Å². The van der Waals surface area contributed by atoms with Gasteiger partial charge in [0.15, 0.2) is 12.1 Å². The van der Waals surface area contributed by atoms with Crippen LogP contribution in [0.2, 0.25) is 0 Å². The maximum Gasteiger partial charge on any atom is 0.263 e. The smallest absolute Gasteiger partial charge is 0.263 e. The van der Waals surface area contributed by atoms with Crippen LogP contribution in [0.25, 0.3) is 0 Å². The number of hydrogen-bond acceptors (Lipinski definition) is 6. The molecule has 4 rings (SSSR count). The van der Waals surface area contributed by atoms with Crippen molar-refractivity contribution in [3.05, 3.63) is 58.6 Å². The van der Waals surface area contributed by atoms with Gasteiger partial charge in [0.2, 0.25) is 5.91 Å². The molecule has 0 aliphatic carbocycles. The number of carbonyl (C=O) groups excluding carboxylic acids is 3. The summed E-state index contributed by atoms with van der Waals surface area (Å²) < 4.78 is 0.897. The average molecular weight is 470 g/mol. The van der Waals surface area contributed by atoms with Gasteiger partial charge < -0.3 is 5.32 Å². The summed E-state index contributed by atoms with van der Waals surface area (Å²) in [4.78, 5) is 39.3. The van der Waals surface area contributed by atoms with Crippen LogP contribution in [0.4, 0.5) is 11.4 Å². The van der Waals surface area contributed by atoms with Crippen LogP contribution in [0.3, 0.4) is 0 Å². The Morgan fingerprint density at radius 1 is 1.07 bits per heavy atom. The van der Waals surface area contributed by atoms with Crippen molar-refractivity contribution in [1.82, 2.24) is 5.01 Å². The van der Waals surface area contributed by atoms with Crippen LogP contribution in [0.1, 0.15) is 25.3 Å². The number of carbonyl (C=O) groups is 3. The summed E-state index contributed by atoms with van der Waals surface area (Å²) in [6, 6.07) is 12.6. The highest BCUT2D eigenvalue weighted by Gasteiger charge is 2.55. The van der Waals surface area contributed by atoms with Crippen LogP contribution in [-0.2, 0) is 14.4 Å². The van der Waals surface area contributed by atoms with Crippen molar-refractivity contribution in [3.63, 3.8) is 0 Å². The van der Waals surface area contributed by atoms with Crippen molar-refractivity contribution in [2.75, 3.05) is 16.8 Å². The fraction of sp³-hybridized carbons (Fsp3) is 0.286. The minimum absolute atomic E-state index is 0.181. The molecule has 8 nitrogen and oxygen atoms in total. The van der Waals surface area contributed by atoms with E-state index in [9.17, 15) is 14.4 Å². The molecule has 0 unspecified atom stereocenters. The molecule has 1 saturated heterocycles. The van der Waals surface area contributed by atoms with Crippen LogP contribution < -0.4 is 10.2 Å². The first-order valence-electron chi connectivity index (χ1n) is 9.56. The summed E-state index contributed by atoms with van der Waals surface area (Å²) >= 11 is 3.34. The number of nitrogens with one attached hydrogen (secondary N) is 1. The minimum Gasteiger partial charge on any atom is -0.324 e. The molecule has 0 aromatic heterocycles. The standard InChI is InChI=1S/C21H20BrN5O3/c1-12(2)13-3-9-16(10-4-13)27-20(29)18-19(21(27)30)26(25-24-18)11-17(28)23-15-7-5-14(22)6-8-15/h3-10,12,18-19H,11H2,1-2H3,(H,23,28)/t18-,19+/m1/s1. The first kappa shape index (κ1) is 20.2. The molecule has 2 aliphatic rings. The molecule has 9 heteroatoms. The Bertz CT molecular complexity index is 1020. The van der Waals surface area contributed by atoms with E-state index in [0.717, 1.165) is 14.9 Å². The molecular weight excluding hydrogens is 450 g/mol. The second-order valence-corrected chi connectivity index (χ2v) is 8.42. The van der Waals surface area contributed by atoms with Crippen molar-refractivity contribution < 1.29 is 14.4 Å². The third kappa shape index (κ3) is 3.72. The summed E-state index contributed by atoms with van der Waals surface area (Å²) in [5.74, 6) is -0.862. The highest BCUT2D eigenvalue weighted by Crippen LogP contribution is 2.32. The Morgan fingerprint density at radius 3 is 2.37 bits per heavy atom. The first-order chi connectivity index (χ1) is 14.3. The van der Waals surface area contributed by atoms with E-state index in [4.69, 9.17) is 0 Å². The van der Waals surface area contributed by atoms with Crippen molar-refractivity contribution in [2.45, 2.75) is 31.8 Å². The van der Waals surface area contributed by atoms with Gasteiger partial charge in [-0.3, -0.25) is 19.4 Å². The van der Waals surface area contributed by atoms with Gasteiger partial charge in [0, 0.05) is 10.2 Å². The van der Waals surface area contributed by atoms with E-state index in [1.165, 1.54) is 5.01 Å². The molecule has 0 bridgehead atoms. The Kier molecular flexibility index (Phi) is 5.38. The minimum atomic E-state index is -0.928. The molecule has 30 heavy (non-hydrogen) atoms. The largest absolute Gasteiger partial charge is 0.324 e. The number of hydrogen-bond donors (Lipinski definition) is 1. The van der Waals surface area contributed by atoms with Gasteiger partial charge in [0.05, 0.1) is 5.69 Å². The predicted molar refractivity (Wildman–Crippen MR) is 115 cm³/mol. The molecular formula is C21H20BrN5O3. The van der Waals surface area contributed by atoms with E-state index in [1.54, 1.807) is 24.3 Å². The van der Waals surface area contributed by atoms with Crippen molar-refractivity contribution >= 4 is 45.0 Å². The van der Waals surface area contributed by atoms with E-state index in [0.29, 0.717) is 17.3 Å². The quantitative estimate of drug-likeness (QED) is 0.677. The number of anilines is 2. The number of rotatable bonds is 5. The Labute approximate surface area is 182 Å². The van der Waals surface area contributed by atoms with Crippen LogP contribution in [0.5, 0.6) is 0 Å². The molecule has 2 aromatic carbocycles. The number of benzene rings is 2. The lowest BCUT2D eigenvalue weighted by Crippen LogP contribution is -2.43. The number of fused-ring (bicyclic) bond motifs is 1. The summed E-state index contributed by atoms with van der Waals surface area (Å²) in [6.45, 7) is 3.96. The second-order valence-electron chi connectivity index (χ2n) is 7.51. The number of imide groups is 1. The second kappa shape index (κ2) is 7.98. The fourth-order valence-electron chi connectivity index (χ4n) is 3.50. The topological polar surface area (TPSA) is 94.4 Å². The summed E-state index contributed by atoms with van der Waals surface area (Å²) in [5, 5.41) is 11.9. The lowest BCUT2D eigenvalue weighted by Gasteiger charge is -2.20. The molecule has 1 fully saturated rings. The monoisotopic (exact) mass is 469 g/mol. The SMILES string of the molecule is CC(C)c1ccc(N2C(=O)[C@@H]3[C@@H](N=NN3CC(=O)Nc3ccc(Br)cc3)C2=O)cc1. The molecule has 2 atom stereocenters. The fourth-order valence-corrected chi connectivity index (χ4v) is 3.76. The third-order valence-electron chi connectivity index (χ3n) is 5.11. The summed E-state index contributed by atoms with van der Waals surface area (Å²) in [5.41, 5.74) is 2.24. The maximum atomic E-state index is 13.0.